The van der Waals surface area contributed by atoms with Crippen LogP contribution in [0.3, 0.4) is 0 Å². The molecule has 0 aliphatic carbocycles. The van der Waals surface area contributed by atoms with Crippen LogP contribution in [0.1, 0.15) is 5.56 Å². The number of carbonyl (C=O) groups excluding carboxylic acids is 1. The van der Waals surface area contributed by atoms with Gasteiger partial charge >= 0.3 is 0 Å². The van der Waals surface area contributed by atoms with E-state index in [2.05, 4.69) is 5.32 Å². The summed E-state index contributed by atoms with van der Waals surface area (Å²) in [6.45, 7) is 0. The minimum atomic E-state index is -0.0959. The largest absolute Gasteiger partial charge is 0.497 e. The molecule has 1 N–H and O–H groups in total. The number of rotatable bonds is 6. The summed E-state index contributed by atoms with van der Waals surface area (Å²) in [7, 11) is 1.59. The highest BCUT2D eigenvalue weighted by Gasteiger charge is 2.09. The van der Waals surface area contributed by atoms with E-state index in [9.17, 15) is 4.79 Å². The van der Waals surface area contributed by atoms with Gasteiger partial charge in [0, 0.05) is 26.5 Å². The Morgan fingerprint density at radius 3 is 2.30 bits per heavy atom. The van der Waals surface area contributed by atoms with E-state index in [1.54, 1.807) is 43.5 Å². The van der Waals surface area contributed by atoms with Crippen molar-refractivity contribution in [3.63, 3.8) is 0 Å². The standard InChI is InChI=1S/C16H14Cl3NO2S/c1-22-12-4-2-11(3-5-12)20-16(21)9-23-8-13-14(18)6-10(17)7-15(13)19/h2-7H,8-9H2,1H3,(H,20,21). The van der Waals surface area contributed by atoms with Crippen molar-refractivity contribution in [2.24, 2.45) is 0 Å². The molecule has 2 aromatic rings. The van der Waals surface area contributed by atoms with Crippen LogP contribution < -0.4 is 10.1 Å². The minimum absolute atomic E-state index is 0.0959. The number of nitrogens with one attached hydrogen (secondary N) is 1. The van der Waals surface area contributed by atoms with E-state index in [4.69, 9.17) is 39.5 Å². The summed E-state index contributed by atoms with van der Waals surface area (Å²) in [6, 6.07) is 10.4. The Hall–Kier alpha value is -1.07. The number of carbonyl (C=O) groups is 1. The summed E-state index contributed by atoms with van der Waals surface area (Å²) in [5.41, 5.74) is 1.50. The molecule has 0 radical (unpaired) electrons. The Labute approximate surface area is 154 Å². The molecule has 0 aromatic heterocycles. The second-order valence-corrected chi connectivity index (χ2v) is 6.85. The SMILES string of the molecule is COc1ccc(NC(=O)CSCc2c(Cl)cc(Cl)cc2Cl)cc1. The zero-order valence-electron chi connectivity index (χ0n) is 12.2. The highest BCUT2D eigenvalue weighted by molar-refractivity contribution is 7.99. The maximum Gasteiger partial charge on any atom is 0.234 e. The molecule has 3 nitrogen and oxygen atoms in total. The van der Waals surface area contributed by atoms with Crippen molar-refractivity contribution in [1.29, 1.82) is 0 Å². The first-order valence-electron chi connectivity index (χ1n) is 6.64. The Morgan fingerprint density at radius 1 is 1.13 bits per heavy atom. The van der Waals surface area contributed by atoms with Gasteiger partial charge in [0.05, 0.1) is 12.9 Å². The van der Waals surface area contributed by atoms with Gasteiger partial charge in [-0.1, -0.05) is 34.8 Å². The molecule has 0 aliphatic heterocycles. The first-order valence-corrected chi connectivity index (χ1v) is 8.93. The number of anilines is 1. The number of amides is 1. The van der Waals surface area contributed by atoms with Gasteiger partial charge in [-0.15, -0.1) is 11.8 Å². The maximum absolute atomic E-state index is 11.9. The number of thioether (sulfide) groups is 1. The molecule has 0 aliphatic rings. The molecular formula is C16H14Cl3NO2S. The Kier molecular flexibility index (Phi) is 6.90. The molecule has 2 rings (SSSR count). The molecule has 7 heteroatoms. The van der Waals surface area contributed by atoms with E-state index >= 15 is 0 Å². The summed E-state index contributed by atoms with van der Waals surface area (Å²) < 4.78 is 5.07. The number of hydrogen-bond acceptors (Lipinski definition) is 3. The van der Waals surface area contributed by atoms with E-state index in [1.165, 1.54) is 11.8 Å². The lowest BCUT2D eigenvalue weighted by molar-refractivity contribution is -0.113. The topological polar surface area (TPSA) is 38.3 Å². The van der Waals surface area contributed by atoms with Gasteiger partial charge in [-0.3, -0.25) is 4.79 Å². The average molecular weight is 391 g/mol. The number of ether oxygens (including phenoxy) is 1. The summed E-state index contributed by atoms with van der Waals surface area (Å²) in [4.78, 5) is 11.9. The van der Waals surface area contributed by atoms with E-state index in [0.29, 0.717) is 26.6 Å². The average Bonchev–Trinajstić information content (AvgIpc) is 2.50. The quantitative estimate of drug-likeness (QED) is 0.705. The van der Waals surface area contributed by atoms with E-state index in [0.717, 1.165) is 17.0 Å². The summed E-state index contributed by atoms with van der Waals surface area (Å²) in [5.74, 6) is 1.47. The number of benzene rings is 2. The van der Waals surface area contributed by atoms with Crippen LogP contribution in [0.5, 0.6) is 5.75 Å². The van der Waals surface area contributed by atoms with Gasteiger partial charge in [-0.2, -0.15) is 0 Å². The zero-order chi connectivity index (χ0) is 16.8. The molecular weight excluding hydrogens is 377 g/mol. The molecule has 2 aromatic carbocycles. The normalized spacial score (nSPS) is 10.4. The van der Waals surface area contributed by atoms with Crippen LogP contribution in [-0.4, -0.2) is 18.8 Å². The third-order valence-electron chi connectivity index (χ3n) is 2.96. The van der Waals surface area contributed by atoms with Gasteiger partial charge in [-0.05, 0) is 42.0 Å². The van der Waals surface area contributed by atoms with Gasteiger partial charge in [0.2, 0.25) is 5.91 Å². The molecule has 0 saturated carbocycles. The lowest BCUT2D eigenvalue weighted by Gasteiger charge is -2.08. The molecule has 23 heavy (non-hydrogen) atoms. The molecule has 122 valence electrons. The van der Waals surface area contributed by atoms with Crippen molar-refractivity contribution in [3.05, 3.63) is 57.0 Å². The van der Waals surface area contributed by atoms with E-state index in [-0.39, 0.29) is 5.91 Å². The van der Waals surface area contributed by atoms with Crippen molar-refractivity contribution in [1.82, 2.24) is 0 Å². The summed E-state index contributed by atoms with van der Waals surface area (Å²) in [6.07, 6.45) is 0. The van der Waals surface area contributed by atoms with Crippen LogP contribution >= 0.6 is 46.6 Å². The van der Waals surface area contributed by atoms with Crippen LogP contribution in [0.2, 0.25) is 15.1 Å². The number of halogens is 3. The van der Waals surface area contributed by atoms with Gasteiger partial charge in [0.25, 0.3) is 0 Å². The van der Waals surface area contributed by atoms with Crippen molar-refractivity contribution >= 4 is 58.2 Å². The van der Waals surface area contributed by atoms with E-state index in [1.807, 2.05) is 0 Å². The molecule has 0 atom stereocenters. The van der Waals surface area contributed by atoms with Crippen LogP contribution in [0.4, 0.5) is 5.69 Å². The fraction of sp³-hybridized carbons (Fsp3) is 0.188. The fourth-order valence-electron chi connectivity index (χ4n) is 1.83. The Balaban J connectivity index is 1.85. The van der Waals surface area contributed by atoms with Crippen LogP contribution in [0.15, 0.2) is 36.4 Å². The third-order valence-corrected chi connectivity index (χ3v) is 4.81. The maximum atomic E-state index is 11.9. The number of hydrogen-bond donors (Lipinski definition) is 1. The fourth-order valence-corrected chi connectivity index (χ4v) is 3.81. The van der Waals surface area contributed by atoms with Gasteiger partial charge < -0.3 is 10.1 Å². The molecule has 0 spiro atoms. The summed E-state index contributed by atoms with van der Waals surface area (Å²) in [5, 5.41) is 4.32. The van der Waals surface area contributed by atoms with Crippen LogP contribution in [0, 0.1) is 0 Å². The van der Waals surface area contributed by atoms with Crippen molar-refractivity contribution in [2.75, 3.05) is 18.2 Å². The molecule has 0 unspecified atom stereocenters. The monoisotopic (exact) mass is 389 g/mol. The second-order valence-electron chi connectivity index (χ2n) is 4.62. The predicted molar refractivity (Wildman–Crippen MR) is 99.3 cm³/mol. The smallest absolute Gasteiger partial charge is 0.234 e. The number of methoxy groups -OCH3 is 1. The molecule has 0 bridgehead atoms. The first-order chi connectivity index (χ1) is 11.0. The molecule has 0 saturated heterocycles. The predicted octanol–water partition coefficient (Wildman–Crippen LogP) is 5.53. The lowest BCUT2D eigenvalue weighted by atomic mass is 10.2. The molecule has 1 amide bonds. The van der Waals surface area contributed by atoms with Crippen molar-refractivity contribution in [2.45, 2.75) is 5.75 Å². The molecule has 0 fully saturated rings. The Bertz CT molecular complexity index is 669. The summed E-state index contributed by atoms with van der Waals surface area (Å²) >= 11 is 19.5. The Morgan fingerprint density at radius 2 is 1.74 bits per heavy atom. The minimum Gasteiger partial charge on any atom is -0.497 e. The highest BCUT2D eigenvalue weighted by atomic mass is 35.5. The second kappa shape index (κ2) is 8.69. The van der Waals surface area contributed by atoms with Crippen LogP contribution in [-0.2, 0) is 10.5 Å². The van der Waals surface area contributed by atoms with Gasteiger partial charge in [-0.25, -0.2) is 0 Å². The van der Waals surface area contributed by atoms with Gasteiger partial charge in [0.15, 0.2) is 0 Å². The lowest BCUT2D eigenvalue weighted by Crippen LogP contribution is -2.14. The van der Waals surface area contributed by atoms with Crippen molar-refractivity contribution in [3.8, 4) is 5.75 Å². The van der Waals surface area contributed by atoms with Crippen molar-refractivity contribution < 1.29 is 9.53 Å². The third kappa shape index (κ3) is 5.50. The molecule has 0 heterocycles. The van der Waals surface area contributed by atoms with E-state index < -0.39 is 0 Å². The first kappa shape index (κ1) is 18.3. The highest BCUT2D eigenvalue weighted by Crippen LogP contribution is 2.31. The zero-order valence-corrected chi connectivity index (χ0v) is 15.3. The van der Waals surface area contributed by atoms with Crippen LogP contribution in [0.25, 0.3) is 0 Å². The van der Waals surface area contributed by atoms with Gasteiger partial charge in [0.1, 0.15) is 5.75 Å².